The fraction of sp³-hybridized carbons (Fsp3) is 0.550. The molecule has 0 radical (unpaired) electrons. The van der Waals surface area contributed by atoms with Gasteiger partial charge in [-0.3, -0.25) is 9.69 Å². The van der Waals surface area contributed by atoms with E-state index in [1.807, 2.05) is 17.0 Å². The van der Waals surface area contributed by atoms with Crippen LogP contribution in [0, 0.1) is 6.92 Å². The molecule has 0 aliphatic carbocycles. The standard InChI is InChI=1S/C20H27N3O2/c1-14-3-4-18-16(11-14)12-19(21-18)20(24)22-7-5-17(6-8-22)23-9-10-25-15(2)13-23/h3-4,11-12,15,17,21H,5-10,13H2,1-2H3/t15-/m0/s1. The summed E-state index contributed by atoms with van der Waals surface area (Å²) in [7, 11) is 0. The number of aryl methyl sites for hydroxylation is 1. The van der Waals surface area contributed by atoms with E-state index in [0.717, 1.165) is 56.5 Å². The van der Waals surface area contributed by atoms with Crippen LogP contribution in [-0.2, 0) is 4.74 Å². The molecule has 1 aromatic carbocycles. The summed E-state index contributed by atoms with van der Waals surface area (Å²) in [4.78, 5) is 20.7. The topological polar surface area (TPSA) is 48.6 Å². The number of benzene rings is 1. The monoisotopic (exact) mass is 341 g/mol. The van der Waals surface area contributed by atoms with E-state index in [2.05, 4.69) is 35.9 Å². The van der Waals surface area contributed by atoms with Crippen molar-refractivity contribution < 1.29 is 9.53 Å². The molecule has 1 atom stereocenters. The number of piperidine rings is 1. The van der Waals surface area contributed by atoms with E-state index in [-0.39, 0.29) is 5.91 Å². The van der Waals surface area contributed by atoms with Crippen molar-refractivity contribution >= 4 is 16.8 Å². The van der Waals surface area contributed by atoms with Crippen molar-refractivity contribution in [3.63, 3.8) is 0 Å². The van der Waals surface area contributed by atoms with Gasteiger partial charge in [-0.25, -0.2) is 0 Å². The Morgan fingerprint density at radius 3 is 2.76 bits per heavy atom. The molecule has 1 aromatic heterocycles. The van der Waals surface area contributed by atoms with E-state index in [4.69, 9.17) is 4.74 Å². The normalized spacial score (nSPS) is 23.3. The molecular formula is C20H27N3O2. The first kappa shape index (κ1) is 16.6. The van der Waals surface area contributed by atoms with E-state index in [1.165, 1.54) is 5.56 Å². The van der Waals surface area contributed by atoms with Crippen molar-refractivity contribution in [2.45, 2.75) is 38.8 Å². The minimum absolute atomic E-state index is 0.127. The third-order valence-corrected chi connectivity index (χ3v) is 5.55. The lowest BCUT2D eigenvalue weighted by molar-refractivity contribution is -0.0423. The Morgan fingerprint density at radius 2 is 2.00 bits per heavy atom. The number of morpholine rings is 1. The van der Waals surface area contributed by atoms with Crippen molar-refractivity contribution in [3.8, 4) is 0 Å². The van der Waals surface area contributed by atoms with Crippen LogP contribution in [0.2, 0.25) is 0 Å². The maximum Gasteiger partial charge on any atom is 0.270 e. The third kappa shape index (κ3) is 3.44. The number of hydrogen-bond acceptors (Lipinski definition) is 3. The SMILES string of the molecule is Cc1ccc2[nH]c(C(=O)N3CCC(N4CCO[C@@H](C)C4)CC3)cc2c1. The van der Waals surface area contributed by atoms with Gasteiger partial charge in [0.1, 0.15) is 5.69 Å². The van der Waals surface area contributed by atoms with Gasteiger partial charge in [-0.1, -0.05) is 11.6 Å². The number of nitrogens with zero attached hydrogens (tertiary/aromatic N) is 2. The second-order valence-corrected chi connectivity index (χ2v) is 7.47. The van der Waals surface area contributed by atoms with Crippen molar-refractivity contribution in [3.05, 3.63) is 35.5 Å². The highest BCUT2D eigenvalue weighted by Crippen LogP contribution is 2.22. The number of ether oxygens (including phenoxy) is 1. The molecule has 134 valence electrons. The number of aromatic amines is 1. The van der Waals surface area contributed by atoms with Crippen molar-refractivity contribution in [1.82, 2.24) is 14.8 Å². The number of nitrogens with one attached hydrogen (secondary N) is 1. The molecule has 2 aliphatic rings. The van der Waals surface area contributed by atoms with Crippen molar-refractivity contribution in [2.24, 2.45) is 0 Å². The molecule has 0 bridgehead atoms. The predicted octanol–water partition coefficient (Wildman–Crippen LogP) is 2.80. The summed E-state index contributed by atoms with van der Waals surface area (Å²) in [6, 6.07) is 8.81. The summed E-state index contributed by atoms with van der Waals surface area (Å²) in [5, 5.41) is 1.11. The number of H-pyrrole nitrogens is 1. The molecule has 3 heterocycles. The molecule has 1 amide bonds. The number of fused-ring (bicyclic) bond motifs is 1. The van der Waals surface area contributed by atoms with E-state index in [9.17, 15) is 4.79 Å². The van der Waals surface area contributed by atoms with Gasteiger partial charge in [0.05, 0.1) is 12.7 Å². The quantitative estimate of drug-likeness (QED) is 0.914. The summed E-state index contributed by atoms with van der Waals surface area (Å²) < 4.78 is 5.64. The van der Waals surface area contributed by atoms with Gasteiger partial charge in [-0.2, -0.15) is 0 Å². The van der Waals surface area contributed by atoms with Gasteiger partial charge in [-0.15, -0.1) is 0 Å². The van der Waals surface area contributed by atoms with Crippen LogP contribution in [-0.4, -0.2) is 65.6 Å². The Kier molecular flexibility index (Phi) is 4.52. The average molecular weight is 341 g/mol. The van der Waals surface area contributed by atoms with E-state index in [0.29, 0.717) is 17.8 Å². The molecule has 4 rings (SSSR count). The van der Waals surface area contributed by atoms with Crippen LogP contribution in [0.15, 0.2) is 24.3 Å². The van der Waals surface area contributed by atoms with Crippen LogP contribution >= 0.6 is 0 Å². The van der Waals surface area contributed by atoms with Gasteiger partial charge in [-0.05, 0) is 44.9 Å². The number of hydrogen-bond donors (Lipinski definition) is 1. The van der Waals surface area contributed by atoms with Gasteiger partial charge >= 0.3 is 0 Å². The highest BCUT2D eigenvalue weighted by molar-refractivity contribution is 5.98. The summed E-state index contributed by atoms with van der Waals surface area (Å²) in [6.45, 7) is 8.75. The fourth-order valence-electron chi connectivity index (χ4n) is 4.15. The Balaban J connectivity index is 1.40. The van der Waals surface area contributed by atoms with Crippen LogP contribution in [0.4, 0.5) is 0 Å². The minimum Gasteiger partial charge on any atom is -0.376 e. The predicted molar refractivity (Wildman–Crippen MR) is 98.9 cm³/mol. The Hall–Kier alpha value is -1.85. The number of amides is 1. The maximum absolute atomic E-state index is 12.9. The third-order valence-electron chi connectivity index (χ3n) is 5.55. The number of rotatable bonds is 2. The molecule has 0 spiro atoms. The average Bonchev–Trinajstić information content (AvgIpc) is 3.04. The summed E-state index contributed by atoms with van der Waals surface area (Å²) >= 11 is 0. The highest BCUT2D eigenvalue weighted by Gasteiger charge is 2.30. The summed E-state index contributed by atoms with van der Waals surface area (Å²) in [5.74, 6) is 0.127. The second-order valence-electron chi connectivity index (χ2n) is 7.47. The second kappa shape index (κ2) is 6.81. The Bertz CT molecular complexity index is 761. The number of likely N-dealkylation sites (tertiary alicyclic amines) is 1. The lowest BCUT2D eigenvalue weighted by atomic mass is 10.0. The molecule has 5 heteroatoms. The van der Waals surface area contributed by atoms with Crippen molar-refractivity contribution in [2.75, 3.05) is 32.8 Å². The first-order valence-electron chi connectivity index (χ1n) is 9.34. The van der Waals surface area contributed by atoms with Gasteiger partial charge in [0.2, 0.25) is 0 Å². The number of carbonyl (C=O) groups is 1. The zero-order valence-corrected chi connectivity index (χ0v) is 15.1. The van der Waals surface area contributed by atoms with E-state index < -0.39 is 0 Å². The van der Waals surface area contributed by atoms with Gasteiger partial charge in [0.15, 0.2) is 0 Å². The Labute approximate surface area is 148 Å². The minimum atomic E-state index is 0.127. The van der Waals surface area contributed by atoms with Crippen molar-refractivity contribution in [1.29, 1.82) is 0 Å². The first-order valence-corrected chi connectivity index (χ1v) is 9.34. The van der Waals surface area contributed by atoms with Crippen LogP contribution in [0.5, 0.6) is 0 Å². The van der Waals surface area contributed by atoms with E-state index in [1.54, 1.807) is 0 Å². The van der Waals surface area contributed by atoms with Gasteiger partial charge in [0, 0.05) is 43.1 Å². The van der Waals surface area contributed by atoms with E-state index >= 15 is 0 Å². The molecule has 2 fully saturated rings. The summed E-state index contributed by atoms with van der Waals surface area (Å²) in [6.07, 6.45) is 2.43. The Morgan fingerprint density at radius 1 is 1.20 bits per heavy atom. The van der Waals surface area contributed by atoms with Gasteiger partial charge in [0.25, 0.3) is 5.91 Å². The van der Waals surface area contributed by atoms with Gasteiger partial charge < -0.3 is 14.6 Å². The first-order chi connectivity index (χ1) is 12.1. The lowest BCUT2D eigenvalue weighted by Crippen LogP contribution is -2.51. The molecule has 0 unspecified atom stereocenters. The molecular weight excluding hydrogens is 314 g/mol. The molecule has 2 aromatic rings. The maximum atomic E-state index is 12.9. The zero-order valence-electron chi connectivity index (χ0n) is 15.1. The van der Waals surface area contributed by atoms with Crippen LogP contribution in [0.3, 0.4) is 0 Å². The molecule has 5 nitrogen and oxygen atoms in total. The molecule has 0 saturated carbocycles. The molecule has 2 saturated heterocycles. The fourth-order valence-corrected chi connectivity index (χ4v) is 4.15. The largest absolute Gasteiger partial charge is 0.376 e. The lowest BCUT2D eigenvalue weighted by Gasteiger charge is -2.41. The zero-order chi connectivity index (χ0) is 17.4. The molecule has 25 heavy (non-hydrogen) atoms. The summed E-state index contributed by atoms with van der Waals surface area (Å²) in [5.41, 5.74) is 2.95. The number of carbonyl (C=O) groups excluding carboxylic acids is 1. The molecule has 2 aliphatic heterocycles. The van der Waals surface area contributed by atoms with Crippen LogP contribution in [0.25, 0.3) is 10.9 Å². The van der Waals surface area contributed by atoms with Crippen LogP contribution in [0.1, 0.15) is 35.8 Å². The smallest absolute Gasteiger partial charge is 0.270 e. The molecule has 1 N–H and O–H groups in total. The van der Waals surface area contributed by atoms with Crippen LogP contribution < -0.4 is 0 Å². The number of aromatic nitrogens is 1. The highest BCUT2D eigenvalue weighted by atomic mass is 16.5.